The molecule has 0 aliphatic rings. The molecule has 2 aromatic carbocycles. The Morgan fingerprint density at radius 1 is 1.00 bits per heavy atom. The van der Waals surface area contributed by atoms with Crippen LogP contribution in [0.3, 0.4) is 0 Å². The van der Waals surface area contributed by atoms with E-state index in [0.717, 1.165) is 11.4 Å². The fourth-order valence-electron chi connectivity index (χ4n) is 2.51. The van der Waals surface area contributed by atoms with Crippen molar-refractivity contribution in [1.82, 2.24) is 4.90 Å². The van der Waals surface area contributed by atoms with Crippen molar-refractivity contribution in [1.29, 1.82) is 5.26 Å². The second-order valence-electron chi connectivity index (χ2n) is 5.69. The molecule has 0 fully saturated rings. The van der Waals surface area contributed by atoms with Crippen molar-refractivity contribution in [2.24, 2.45) is 0 Å². The molecule has 0 unspecified atom stereocenters. The summed E-state index contributed by atoms with van der Waals surface area (Å²) in [6.07, 6.45) is 1.45. The molecule has 0 heterocycles. The molecule has 7 heteroatoms. The van der Waals surface area contributed by atoms with Crippen LogP contribution in [0.4, 0.5) is 17.1 Å². The summed E-state index contributed by atoms with van der Waals surface area (Å²) in [6.45, 7) is -0.452. The lowest BCUT2D eigenvalue weighted by molar-refractivity contribution is -0.127. The molecule has 140 valence electrons. The summed E-state index contributed by atoms with van der Waals surface area (Å²) in [5.41, 5.74) is 7.73. The minimum Gasteiger partial charge on any atom is -0.399 e. The maximum atomic E-state index is 12.7. The normalized spacial score (nSPS) is 10.9. The minimum atomic E-state index is -0.558. The maximum Gasteiger partial charge on any atom is 0.266 e. The first kappa shape index (κ1) is 20.0. The van der Waals surface area contributed by atoms with E-state index in [0.29, 0.717) is 5.69 Å². The maximum absolute atomic E-state index is 12.7. The first-order valence-electron chi connectivity index (χ1n) is 8.43. The van der Waals surface area contributed by atoms with Gasteiger partial charge in [0, 0.05) is 36.4 Å². The Hall–Kier alpha value is -3.34. The van der Waals surface area contributed by atoms with Gasteiger partial charge in [0.05, 0.1) is 13.2 Å². The molecule has 0 aromatic heterocycles. The zero-order chi connectivity index (χ0) is 19.6. The fraction of sp³-hybridized carbons (Fsp3) is 0.200. The van der Waals surface area contributed by atoms with Crippen LogP contribution in [0, 0.1) is 11.3 Å². The van der Waals surface area contributed by atoms with Crippen LogP contribution in [-0.2, 0) is 4.79 Å². The van der Waals surface area contributed by atoms with E-state index in [1.54, 1.807) is 29.2 Å². The molecular weight excluding hydrogens is 344 g/mol. The van der Waals surface area contributed by atoms with Crippen LogP contribution in [0.5, 0.6) is 0 Å². The molecule has 4 N–H and O–H groups in total. The van der Waals surface area contributed by atoms with Crippen molar-refractivity contribution in [3.8, 4) is 6.07 Å². The van der Waals surface area contributed by atoms with Crippen LogP contribution >= 0.6 is 0 Å². The molecule has 1 amide bonds. The smallest absolute Gasteiger partial charge is 0.266 e. The number of rotatable bonds is 8. The second-order valence-corrected chi connectivity index (χ2v) is 5.69. The third-order valence-corrected chi connectivity index (χ3v) is 3.84. The second kappa shape index (κ2) is 9.97. The number of aliphatic hydroxyl groups excluding tert-OH is 2. The highest BCUT2D eigenvalue weighted by Crippen LogP contribution is 2.27. The molecule has 0 radical (unpaired) electrons. The number of carbonyl (C=O) groups is 1. The summed E-state index contributed by atoms with van der Waals surface area (Å²) in [5.74, 6) is -0.558. The number of aliphatic hydroxyl groups is 2. The number of nitrogens with zero attached hydrogens (tertiary/aromatic N) is 3. The molecule has 0 bridgehead atoms. The topological polar surface area (TPSA) is 114 Å². The molecule has 0 aliphatic heterocycles. The minimum absolute atomic E-state index is 0.0334. The van der Waals surface area contributed by atoms with Crippen LogP contribution in [0.15, 0.2) is 66.4 Å². The van der Waals surface area contributed by atoms with E-state index in [1.165, 1.54) is 11.1 Å². The van der Waals surface area contributed by atoms with Gasteiger partial charge < -0.3 is 25.7 Å². The van der Waals surface area contributed by atoms with Gasteiger partial charge in [0.2, 0.25) is 0 Å². The fourth-order valence-corrected chi connectivity index (χ4v) is 2.51. The van der Waals surface area contributed by atoms with Crippen molar-refractivity contribution in [3.05, 3.63) is 66.4 Å². The van der Waals surface area contributed by atoms with Crippen LogP contribution in [0.1, 0.15) is 0 Å². The predicted octanol–water partition coefficient (Wildman–Crippen LogP) is 1.63. The molecule has 27 heavy (non-hydrogen) atoms. The highest BCUT2D eigenvalue weighted by Gasteiger charge is 2.19. The van der Waals surface area contributed by atoms with E-state index in [-0.39, 0.29) is 31.9 Å². The summed E-state index contributed by atoms with van der Waals surface area (Å²) in [7, 11) is 0. The van der Waals surface area contributed by atoms with Crippen LogP contribution in [0.2, 0.25) is 0 Å². The summed E-state index contributed by atoms with van der Waals surface area (Å²) in [6, 6.07) is 18.2. The van der Waals surface area contributed by atoms with Crippen molar-refractivity contribution in [2.45, 2.75) is 0 Å². The van der Waals surface area contributed by atoms with E-state index in [4.69, 9.17) is 15.9 Å². The lowest BCUT2D eigenvalue weighted by Gasteiger charge is -2.24. The van der Waals surface area contributed by atoms with Gasteiger partial charge in [-0.15, -0.1) is 0 Å². The number of nitrogens with two attached hydrogens (primary N) is 1. The summed E-state index contributed by atoms with van der Waals surface area (Å²) < 4.78 is 0. The molecule has 0 saturated heterocycles. The third-order valence-electron chi connectivity index (χ3n) is 3.84. The molecule has 0 saturated carbocycles. The van der Waals surface area contributed by atoms with E-state index in [9.17, 15) is 10.1 Å². The van der Waals surface area contributed by atoms with Crippen LogP contribution < -0.4 is 10.6 Å². The standard InChI is InChI=1S/C20H22N4O3/c21-14-16(20(27)23(10-12-25)11-13-26)15-24(18-4-2-1-3-5-18)19-8-6-17(22)7-9-19/h1-9,15,25-26H,10-13,22H2/b16-15-. The van der Waals surface area contributed by atoms with Gasteiger partial charge in [0.15, 0.2) is 0 Å². The van der Waals surface area contributed by atoms with Gasteiger partial charge in [-0.05, 0) is 36.4 Å². The van der Waals surface area contributed by atoms with Gasteiger partial charge in [-0.3, -0.25) is 4.79 Å². The Kier molecular flexibility index (Phi) is 7.37. The van der Waals surface area contributed by atoms with Gasteiger partial charge >= 0.3 is 0 Å². The first-order chi connectivity index (χ1) is 13.1. The molecule has 0 aliphatic carbocycles. The Balaban J connectivity index is 2.45. The number of amides is 1. The number of benzene rings is 2. The number of anilines is 3. The summed E-state index contributed by atoms with van der Waals surface area (Å²) in [4.78, 5) is 15.6. The van der Waals surface area contributed by atoms with E-state index in [2.05, 4.69) is 0 Å². The lowest BCUT2D eigenvalue weighted by Crippen LogP contribution is -2.37. The molecule has 2 aromatic rings. The Labute approximate surface area is 158 Å². The summed E-state index contributed by atoms with van der Waals surface area (Å²) in [5, 5.41) is 27.8. The average molecular weight is 366 g/mol. The zero-order valence-electron chi connectivity index (χ0n) is 14.8. The SMILES string of the molecule is N#C/C(=C/N(c1ccccc1)c1ccc(N)cc1)C(=O)N(CCO)CCO. The third kappa shape index (κ3) is 5.31. The van der Waals surface area contributed by atoms with Gasteiger partial charge in [-0.1, -0.05) is 18.2 Å². The zero-order valence-corrected chi connectivity index (χ0v) is 14.8. The van der Waals surface area contributed by atoms with Crippen molar-refractivity contribution in [2.75, 3.05) is 36.9 Å². The largest absolute Gasteiger partial charge is 0.399 e. The van der Waals surface area contributed by atoms with E-state index >= 15 is 0 Å². The number of carbonyl (C=O) groups excluding carboxylic acids is 1. The number of hydrogen-bond donors (Lipinski definition) is 3. The van der Waals surface area contributed by atoms with Crippen molar-refractivity contribution < 1.29 is 15.0 Å². The van der Waals surface area contributed by atoms with Crippen molar-refractivity contribution in [3.63, 3.8) is 0 Å². The first-order valence-corrected chi connectivity index (χ1v) is 8.43. The molecule has 7 nitrogen and oxygen atoms in total. The van der Waals surface area contributed by atoms with Crippen molar-refractivity contribution >= 4 is 23.0 Å². The van der Waals surface area contributed by atoms with Crippen LogP contribution in [0.25, 0.3) is 0 Å². The van der Waals surface area contributed by atoms with E-state index in [1.807, 2.05) is 36.4 Å². The van der Waals surface area contributed by atoms with Crippen LogP contribution in [-0.4, -0.2) is 47.3 Å². The van der Waals surface area contributed by atoms with E-state index < -0.39 is 5.91 Å². The molecule has 0 spiro atoms. The molecule has 0 atom stereocenters. The summed E-state index contributed by atoms with van der Waals surface area (Å²) >= 11 is 0. The average Bonchev–Trinajstić information content (AvgIpc) is 2.70. The quantitative estimate of drug-likeness (QED) is 0.372. The lowest BCUT2D eigenvalue weighted by atomic mass is 10.2. The van der Waals surface area contributed by atoms with Gasteiger partial charge in [-0.2, -0.15) is 5.26 Å². The number of hydrogen-bond acceptors (Lipinski definition) is 6. The Bertz CT molecular complexity index is 807. The molecule has 2 rings (SSSR count). The number of nitrogen functional groups attached to an aromatic ring is 1. The molecular formula is C20H22N4O3. The Morgan fingerprint density at radius 2 is 1.56 bits per heavy atom. The Morgan fingerprint density at radius 3 is 2.07 bits per heavy atom. The van der Waals surface area contributed by atoms with Gasteiger partial charge in [0.25, 0.3) is 5.91 Å². The highest BCUT2D eigenvalue weighted by atomic mass is 16.3. The number of para-hydroxylation sites is 1. The number of nitriles is 1. The van der Waals surface area contributed by atoms with Gasteiger partial charge in [-0.25, -0.2) is 0 Å². The monoisotopic (exact) mass is 366 g/mol. The van der Waals surface area contributed by atoms with Gasteiger partial charge in [0.1, 0.15) is 11.6 Å². The highest BCUT2D eigenvalue weighted by molar-refractivity contribution is 5.98. The predicted molar refractivity (Wildman–Crippen MR) is 104 cm³/mol.